The van der Waals surface area contributed by atoms with E-state index in [2.05, 4.69) is 10.3 Å². The van der Waals surface area contributed by atoms with Crippen molar-refractivity contribution in [3.05, 3.63) is 83.5 Å². The number of amides is 1. The molecule has 11 heteroatoms. The number of anilines is 3. The van der Waals surface area contributed by atoms with E-state index >= 15 is 0 Å². The highest BCUT2D eigenvalue weighted by atomic mass is 32.2. The Morgan fingerprint density at radius 3 is 2.46 bits per heavy atom. The molecule has 0 saturated heterocycles. The molecule has 1 unspecified atom stereocenters. The van der Waals surface area contributed by atoms with E-state index in [-0.39, 0.29) is 22.8 Å². The molecule has 0 fully saturated rings. The van der Waals surface area contributed by atoms with E-state index < -0.39 is 17.2 Å². The molecule has 0 aliphatic heterocycles. The average Bonchev–Trinajstić information content (AvgIpc) is 3.33. The Morgan fingerprint density at radius 1 is 1.06 bits per heavy atom. The Morgan fingerprint density at radius 2 is 1.77 bits per heavy atom. The van der Waals surface area contributed by atoms with Gasteiger partial charge >= 0.3 is 0 Å². The van der Waals surface area contributed by atoms with Crippen LogP contribution in [0.4, 0.5) is 20.9 Å². The Kier molecular flexibility index (Phi) is 7.39. The third-order valence-electron chi connectivity index (χ3n) is 4.98. The second-order valence-electron chi connectivity index (χ2n) is 7.07. The maximum Gasteiger partial charge on any atom is 0.259 e. The number of hydrogen-bond donors (Lipinski definition) is 1. The van der Waals surface area contributed by atoms with Crippen molar-refractivity contribution in [1.82, 2.24) is 4.98 Å². The van der Waals surface area contributed by atoms with Gasteiger partial charge in [-0.25, -0.2) is 9.37 Å². The van der Waals surface area contributed by atoms with Gasteiger partial charge in [-0.1, -0.05) is 12.1 Å². The molecular weight excluding hydrogens is 493 g/mol. The Hall–Kier alpha value is -3.80. The first-order valence-corrected chi connectivity index (χ1v) is 12.1. The smallest absolute Gasteiger partial charge is 0.259 e. The normalized spacial score (nSPS) is 11.5. The molecule has 1 N–H and O–H groups in total. The highest BCUT2D eigenvalue weighted by molar-refractivity contribution is 7.81. The van der Waals surface area contributed by atoms with Gasteiger partial charge in [0.25, 0.3) is 5.91 Å². The molecule has 0 radical (unpaired) electrons. The van der Waals surface area contributed by atoms with Gasteiger partial charge < -0.3 is 14.0 Å². The summed E-state index contributed by atoms with van der Waals surface area (Å²) in [6, 6.07) is 16.8. The largest absolute Gasteiger partial charge is 0.755 e. The number of rotatable bonds is 8. The van der Waals surface area contributed by atoms with E-state index in [1.165, 1.54) is 55.9 Å². The van der Waals surface area contributed by atoms with Crippen molar-refractivity contribution in [3.63, 3.8) is 0 Å². The van der Waals surface area contributed by atoms with Gasteiger partial charge in [0.15, 0.2) is 16.6 Å². The third-order valence-corrected chi connectivity index (χ3v) is 6.45. The molecule has 4 rings (SSSR count). The summed E-state index contributed by atoms with van der Waals surface area (Å²) in [7, 11) is 2.91. The van der Waals surface area contributed by atoms with Crippen LogP contribution >= 0.6 is 11.3 Å². The zero-order chi connectivity index (χ0) is 24.9. The number of carbonyl (C=O) groups excluding carboxylic acids is 1. The fourth-order valence-electron chi connectivity index (χ4n) is 3.35. The van der Waals surface area contributed by atoms with Crippen LogP contribution in [0.5, 0.6) is 11.5 Å². The number of ether oxygens (including phenoxy) is 2. The molecule has 3 aromatic carbocycles. The lowest BCUT2D eigenvalue weighted by molar-refractivity contribution is 0.102. The van der Waals surface area contributed by atoms with Crippen LogP contribution < -0.4 is 19.1 Å². The number of halogens is 1. The molecule has 35 heavy (non-hydrogen) atoms. The Labute approximate surface area is 207 Å². The van der Waals surface area contributed by atoms with Crippen molar-refractivity contribution >= 4 is 45.0 Å². The van der Waals surface area contributed by atoms with Gasteiger partial charge in [-0.15, -0.1) is 11.3 Å². The molecule has 1 heterocycles. The molecule has 180 valence electrons. The van der Waals surface area contributed by atoms with Gasteiger partial charge in [0.2, 0.25) is 0 Å². The highest BCUT2D eigenvalue weighted by Gasteiger charge is 2.21. The fraction of sp³-hybridized carbons (Fsp3) is 0.0833. The standard InChI is InChI=1S/C24H20FN3O5S2/c1-32-21-12-11-17(13-22(21)33-2)28(35(30)31)20-6-4-3-5-18(20)23(29)27-24-26-19(14-34-24)15-7-9-16(25)10-8-15/h3-14H,1-2H3,(H,30,31)(H,26,27,29)/p-1. The Balaban J connectivity index is 1.64. The minimum Gasteiger partial charge on any atom is -0.755 e. The van der Waals surface area contributed by atoms with Crippen LogP contribution in [0.1, 0.15) is 10.4 Å². The third kappa shape index (κ3) is 5.32. The summed E-state index contributed by atoms with van der Waals surface area (Å²) in [6.45, 7) is 0. The van der Waals surface area contributed by atoms with Crippen molar-refractivity contribution in [1.29, 1.82) is 0 Å². The second kappa shape index (κ2) is 10.6. The second-order valence-corrected chi connectivity index (χ2v) is 8.72. The van der Waals surface area contributed by atoms with Gasteiger partial charge in [0, 0.05) is 17.0 Å². The van der Waals surface area contributed by atoms with E-state index in [0.717, 1.165) is 4.31 Å². The lowest BCUT2D eigenvalue weighted by Gasteiger charge is -2.28. The topological polar surface area (TPSA) is 104 Å². The summed E-state index contributed by atoms with van der Waals surface area (Å²) < 4.78 is 49.2. The van der Waals surface area contributed by atoms with Gasteiger partial charge in [-0.3, -0.25) is 18.6 Å². The Bertz CT molecular complexity index is 1380. The summed E-state index contributed by atoms with van der Waals surface area (Å²) in [6.07, 6.45) is 0. The average molecular weight is 513 g/mol. The predicted octanol–water partition coefficient (Wildman–Crippen LogP) is 5.15. The molecular formula is C24H19FN3O5S2-. The predicted molar refractivity (Wildman–Crippen MR) is 133 cm³/mol. The van der Waals surface area contributed by atoms with E-state index in [1.54, 1.807) is 41.8 Å². The van der Waals surface area contributed by atoms with Crippen LogP contribution in [0.15, 0.2) is 72.1 Å². The summed E-state index contributed by atoms with van der Waals surface area (Å²) in [4.78, 5) is 17.5. The first-order chi connectivity index (χ1) is 16.9. The number of nitrogens with zero attached hydrogens (tertiary/aromatic N) is 2. The summed E-state index contributed by atoms with van der Waals surface area (Å²) >= 11 is -1.56. The monoisotopic (exact) mass is 512 g/mol. The number of nitrogens with one attached hydrogen (secondary N) is 1. The number of carbonyl (C=O) groups is 1. The van der Waals surface area contributed by atoms with E-state index in [1.807, 2.05) is 0 Å². The lowest BCUT2D eigenvalue weighted by Crippen LogP contribution is -2.23. The number of hydrogen-bond acceptors (Lipinski definition) is 7. The summed E-state index contributed by atoms with van der Waals surface area (Å²) in [5, 5.41) is 4.75. The molecule has 1 amide bonds. The first kappa shape index (κ1) is 24.3. The number of benzene rings is 3. The van der Waals surface area contributed by atoms with Crippen molar-refractivity contribution in [3.8, 4) is 22.8 Å². The molecule has 4 aromatic rings. The number of thiazole rings is 1. The zero-order valence-electron chi connectivity index (χ0n) is 18.6. The quantitative estimate of drug-likeness (QED) is 0.328. The lowest BCUT2D eigenvalue weighted by atomic mass is 10.1. The first-order valence-electron chi connectivity index (χ1n) is 10.1. The van der Waals surface area contributed by atoms with Crippen LogP contribution in [0.25, 0.3) is 11.3 Å². The molecule has 0 aliphatic rings. The zero-order valence-corrected chi connectivity index (χ0v) is 20.2. The number of para-hydroxylation sites is 1. The number of aromatic nitrogens is 1. The molecule has 0 saturated carbocycles. The van der Waals surface area contributed by atoms with E-state index in [0.29, 0.717) is 27.9 Å². The van der Waals surface area contributed by atoms with Crippen LogP contribution in [0, 0.1) is 5.82 Å². The number of methoxy groups -OCH3 is 2. The maximum absolute atomic E-state index is 13.2. The fourth-order valence-corrected chi connectivity index (χ4v) is 4.67. The summed E-state index contributed by atoms with van der Waals surface area (Å²) in [5.74, 6) is -0.140. The molecule has 0 spiro atoms. The highest BCUT2D eigenvalue weighted by Crippen LogP contribution is 2.37. The van der Waals surface area contributed by atoms with Crippen molar-refractivity contribution < 1.29 is 27.4 Å². The SMILES string of the molecule is COc1ccc(N(c2ccccc2C(=O)Nc2nc(-c3ccc(F)cc3)cs2)S(=O)[O-])cc1OC. The molecule has 1 aromatic heterocycles. The van der Waals surface area contributed by atoms with Crippen LogP contribution in [-0.4, -0.2) is 33.9 Å². The van der Waals surface area contributed by atoms with Gasteiger partial charge in [-0.05, 0) is 48.5 Å². The van der Waals surface area contributed by atoms with Crippen molar-refractivity contribution in [2.75, 3.05) is 23.8 Å². The molecule has 0 aliphatic carbocycles. The van der Waals surface area contributed by atoms with Crippen LogP contribution in [0.2, 0.25) is 0 Å². The van der Waals surface area contributed by atoms with Crippen LogP contribution in [-0.2, 0) is 11.3 Å². The van der Waals surface area contributed by atoms with Crippen molar-refractivity contribution in [2.45, 2.75) is 0 Å². The molecule has 8 nitrogen and oxygen atoms in total. The minimum absolute atomic E-state index is 0.116. The minimum atomic E-state index is -2.76. The molecule has 0 bridgehead atoms. The van der Waals surface area contributed by atoms with E-state index in [4.69, 9.17) is 9.47 Å². The van der Waals surface area contributed by atoms with Gasteiger partial charge in [0.05, 0.1) is 48.1 Å². The maximum atomic E-state index is 13.2. The van der Waals surface area contributed by atoms with Gasteiger partial charge in [-0.2, -0.15) is 0 Å². The van der Waals surface area contributed by atoms with Crippen LogP contribution in [0.3, 0.4) is 0 Å². The van der Waals surface area contributed by atoms with Crippen molar-refractivity contribution in [2.24, 2.45) is 0 Å². The van der Waals surface area contributed by atoms with E-state index in [9.17, 15) is 17.9 Å². The van der Waals surface area contributed by atoms with Gasteiger partial charge in [0.1, 0.15) is 5.82 Å². The summed E-state index contributed by atoms with van der Waals surface area (Å²) in [5.41, 5.74) is 1.78. The molecule has 1 atom stereocenters.